The predicted octanol–water partition coefficient (Wildman–Crippen LogP) is 2.17. The fourth-order valence-electron chi connectivity index (χ4n) is 3.14. The third-order valence-corrected chi connectivity index (χ3v) is 5.64. The number of piperidine rings is 1. The molecule has 1 saturated heterocycles. The van der Waals surface area contributed by atoms with Gasteiger partial charge in [-0.05, 0) is 45.4 Å². The van der Waals surface area contributed by atoms with Crippen LogP contribution in [0.2, 0.25) is 0 Å². The molecule has 0 aromatic rings. The molecule has 2 fully saturated rings. The lowest BCUT2D eigenvalue weighted by molar-refractivity contribution is -0.132. The highest BCUT2D eigenvalue weighted by atomic mass is 32.2. The summed E-state index contributed by atoms with van der Waals surface area (Å²) in [5, 5.41) is 7.30. The number of rotatable bonds is 3. The van der Waals surface area contributed by atoms with Crippen LogP contribution in [0.3, 0.4) is 0 Å². The van der Waals surface area contributed by atoms with Crippen molar-refractivity contribution in [3.05, 3.63) is 0 Å². The van der Waals surface area contributed by atoms with E-state index < -0.39 is 0 Å². The van der Waals surface area contributed by atoms with E-state index in [1.807, 2.05) is 11.8 Å². The lowest BCUT2D eigenvalue weighted by Crippen LogP contribution is -2.53. The van der Waals surface area contributed by atoms with Crippen molar-refractivity contribution < 1.29 is 4.79 Å². The number of carbonyl (C=O) groups excluding carboxylic acids is 1. The smallest absolute Gasteiger partial charge is 0.227 e. The molecular weight excluding hydrogens is 244 g/mol. The molecule has 0 bridgehead atoms. The van der Waals surface area contributed by atoms with E-state index in [2.05, 4.69) is 23.8 Å². The average Bonchev–Trinajstić information content (AvgIpc) is 2.40. The van der Waals surface area contributed by atoms with Gasteiger partial charge in [-0.3, -0.25) is 4.79 Å². The molecule has 0 aromatic carbocycles. The lowest BCUT2D eigenvalue weighted by Gasteiger charge is -2.37. The lowest BCUT2D eigenvalue weighted by atomic mass is 9.81. The second-order valence-corrected chi connectivity index (χ2v) is 7.06. The van der Waals surface area contributed by atoms with E-state index in [0.29, 0.717) is 11.3 Å². The first kappa shape index (κ1) is 14.2. The van der Waals surface area contributed by atoms with Crippen molar-refractivity contribution in [2.24, 2.45) is 5.41 Å². The standard InChI is InChI=1S/C14H26N2OS/c1-14(8-5-9-15-10-14)13(17)16-11-6-3-4-7-12(11)18-2/h11-12,15H,3-10H2,1-2H3,(H,16,17). The Hall–Kier alpha value is -0.220. The normalized spacial score (nSPS) is 37.2. The molecule has 1 aliphatic heterocycles. The first-order chi connectivity index (χ1) is 8.65. The molecule has 0 spiro atoms. The predicted molar refractivity (Wildman–Crippen MR) is 77.9 cm³/mol. The summed E-state index contributed by atoms with van der Waals surface area (Å²) in [5.74, 6) is 0.264. The van der Waals surface area contributed by atoms with Crippen LogP contribution in [0.15, 0.2) is 0 Å². The SMILES string of the molecule is CSC1CCCCC1NC(=O)C1(C)CCCNC1. The number of amides is 1. The third-order valence-electron chi connectivity index (χ3n) is 4.47. The molecular formula is C14H26N2OS. The molecule has 0 radical (unpaired) electrons. The number of nitrogens with one attached hydrogen (secondary N) is 2. The third kappa shape index (κ3) is 3.21. The Morgan fingerprint density at radius 1 is 1.33 bits per heavy atom. The van der Waals surface area contributed by atoms with Crippen LogP contribution >= 0.6 is 11.8 Å². The van der Waals surface area contributed by atoms with E-state index in [1.165, 1.54) is 19.3 Å². The summed E-state index contributed by atoms with van der Waals surface area (Å²) in [6.07, 6.45) is 9.28. The highest BCUT2D eigenvalue weighted by Crippen LogP contribution is 2.30. The fraction of sp³-hybridized carbons (Fsp3) is 0.929. The van der Waals surface area contributed by atoms with E-state index >= 15 is 0 Å². The number of hydrogen-bond donors (Lipinski definition) is 2. The zero-order chi connectivity index (χ0) is 13.0. The van der Waals surface area contributed by atoms with Crippen LogP contribution in [0.5, 0.6) is 0 Å². The highest BCUT2D eigenvalue weighted by Gasteiger charge is 2.37. The van der Waals surface area contributed by atoms with E-state index in [9.17, 15) is 4.79 Å². The molecule has 18 heavy (non-hydrogen) atoms. The van der Waals surface area contributed by atoms with Gasteiger partial charge < -0.3 is 10.6 Å². The maximum atomic E-state index is 12.5. The molecule has 2 aliphatic rings. The van der Waals surface area contributed by atoms with Gasteiger partial charge in [-0.1, -0.05) is 12.8 Å². The molecule has 0 aromatic heterocycles. The van der Waals surface area contributed by atoms with E-state index in [0.717, 1.165) is 32.4 Å². The topological polar surface area (TPSA) is 41.1 Å². The van der Waals surface area contributed by atoms with Crippen LogP contribution in [0.1, 0.15) is 45.4 Å². The molecule has 2 N–H and O–H groups in total. The maximum Gasteiger partial charge on any atom is 0.227 e. The van der Waals surface area contributed by atoms with Crippen LogP contribution in [0.25, 0.3) is 0 Å². The van der Waals surface area contributed by atoms with Crippen LogP contribution in [-0.2, 0) is 4.79 Å². The Morgan fingerprint density at radius 3 is 2.78 bits per heavy atom. The molecule has 3 nitrogen and oxygen atoms in total. The Morgan fingerprint density at radius 2 is 2.11 bits per heavy atom. The molecule has 3 unspecified atom stereocenters. The van der Waals surface area contributed by atoms with Crippen molar-refractivity contribution in [3.63, 3.8) is 0 Å². The zero-order valence-corrected chi connectivity index (χ0v) is 12.4. The maximum absolute atomic E-state index is 12.5. The van der Waals surface area contributed by atoms with Gasteiger partial charge in [0.15, 0.2) is 0 Å². The van der Waals surface area contributed by atoms with Crippen molar-refractivity contribution >= 4 is 17.7 Å². The summed E-state index contributed by atoms with van der Waals surface area (Å²) in [6.45, 7) is 3.99. The minimum absolute atomic E-state index is 0.196. The summed E-state index contributed by atoms with van der Waals surface area (Å²) >= 11 is 1.91. The molecule has 3 atom stereocenters. The van der Waals surface area contributed by atoms with Crippen molar-refractivity contribution in [1.82, 2.24) is 10.6 Å². The Balaban J connectivity index is 1.92. The molecule has 1 saturated carbocycles. The molecule has 104 valence electrons. The van der Waals surface area contributed by atoms with Gasteiger partial charge in [0.2, 0.25) is 5.91 Å². The van der Waals surface area contributed by atoms with E-state index in [4.69, 9.17) is 0 Å². The van der Waals surface area contributed by atoms with Gasteiger partial charge in [-0.15, -0.1) is 0 Å². The molecule has 1 aliphatic carbocycles. The molecule has 2 rings (SSSR count). The van der Waals surface area contributed by atoms with Crippen LogP contribution in [0, 0.1) is 5.41 Å². The van der Waals surface area contributed by atoms with Crippen molar-refractivity contribution in [2.75, 3.05) is 19.3 Å². The van der Waals surface area contributed by atoms with Gasteiger partial charge >= 0.3 is 0 Å². The Kier molecular flexibility index (Phi) is 4.96. The number of hydrogen-bond acceptors (Lipinski definition) is 3. The summed E-state index contributed by atoms with van der Waals surface area (Å²) in [6, 6.07) is 0.389. The van der Waals surface area contributed by atoms with Gasteiger partial charge in [0.05, 0.1) is 5.41 Å². The van der Waals surface area contributed by atoms with Crippen LogP contribution in [0.4, 0.5) is 0 Å². The monoisotopic (exact) mass is 270 g/mol. The van der Waals surface area contributed by atoms with E-state index in [-0.39, 0.29) is 11.3 Å². The highest BCUT2D eigenvalue weighted by molar-refractivity contribution is 7.99. The van der Waals surface area contributed by atoms with Gasteiger partial charge in [0.1, 0.15) is 0 Å². The summed E-state index contributed by atoms with van der Waals surface area (Å²) in [5.41, 5.74) is -0.196. The van der Waals surface area contributed by atoms with E-state index in [1.54, 1.807) is 0 Å². The second kappa shape index (κ2) is 6.29. The number of thioether (sulfide) groups is 1. The Bertz CT molecular complexity index is 290. The van der Waals surface area contributed by atoms with Gasteiger partial charge in [0, 0.05) is 17.8 Å². The summed E-state index contributed by atoms with van der Waals surface area (Å²) < 4.78 is 0. The first-order valence-electron chi connectivity index (χ1n) is 7.20. The summed E-state index contributed by atoms with van der Waals surface area (Å²) in [4.78, 5) is 12.5. The van der Waals surface area contributed by atoms with Crippen LogP contribution in [-0.4, -0.2) is 36.5 Å². The minimum Gasteiger partial charge on any atom is -0.352 e. The second-order valence-electron chi connectivity index (χ2n) is 5.98. The van der Waals surface area contributed by atoms with Gasteiger partial charge in [0.25, 0.3) is 0 Å². The molecule has 4 heteroatoms. The average molecular weight is 270 g/mol. The fourth-order valence-corrected chi connectivity index (χ4v) is 4.07. The quantitative estimate of drug-likeness (QED) is 0.826. The van der Waals surface area contributed by atoms with Crippen LogP contribution < -0.4 is 10.6 Å². The largest absolute Gasteiger partial charge is 0.352 e. The summed E-state index contributed by atoms with van der Waals surface area (Å²) in [7, 11) is 0. The Labute approximate surface area is 115 Å². The van der Waals surface area contributed by atoms with Gasteiger partial charge in [-0.2, -0.15) is 11.8 Å². The first-order valence-corrected chi connectivity index (χ1v) is 8.49. The van der Waals surface area contributed by atoms with Crippen molar-refractivity contribution in [3.8, 4) is 0 Å². The molecule has 1 amide bonds. The van der Waals surface area contributed by atoms with Crippen molar-refractivity contribution in [2.45, 2.75) is 56.7 Å². The van der Waals surface area contributed by atoms with Gasteiger partial charge in [-0.25, -0.2) is 0 Å². The molecule has 1 heterocycles. The minimum atomic E-state index is -0.196. The van der Waals surface area contributed by atoms with Crippen molar-refractivity contribution in [1.29, 1.82) is 0 Å². The number of carbonyl (C=O) groups is 1. The zero-order valence-electron chi connectivity index (χ0n) is 11.6.